The molecule has 2 aliphatic carbocycles. The molecule has 7 nitrogen and oxygen atoms in total. The number of aliphatic hydroxyl groups excluding tert-OH is 1. The second-order valence-corrected chi connectivity index (χ2v) is 11.3. The number of nitrogens with one attached hydrogen (secondary N) is 1. The lowest BCUT2D eigenvalue weighted by Crippen LogP contribution is -2.33. The summed E-state index contributed by atoms with van der Waals surface area (Å²) in [7, 11) is 0. The van der Waals surface area contributed by atoms with Gasteiger partial charge in [-0.15, -0.1) is 0 Å². The van der Waals surface area contributed by atoms with Crippen molar-refractivity contribution in [1.82, 2.24) is 14.5 Å². The molecule has 2 N–H and O–H groups in total. The number of hydrogen-bond donors (Lipinski definition) is 2. The molecule has 6 rings (SSSR count). The maximum Gasteiger partial charge on any atom is 0.252 e. The van der Waals surface area contributed by atoms with Crippen molar-refractivity contribution in [2.75, 3.05) is 23.3 Å². The van der Waals surface area contributed by atoms with E-state index in [4.69, 9.17) is 4.98 Å². The van der Waals surface area contributed by atoms with E-state index in [0.29, 0.717) is 11.9 Å². The second-order valence-electron chi connectivity index (χ2n) is 11.3. The van der Waals surface area contributed by atoms with Crippen molar-refractivity contribution in [3.63, 3.8) is 0 Å². The molecule has 36 heavy (non-hydrogen) atoms. The van der Waals surface area contributed by atoms with Gasteiger partial charge in [-0.05, 0) is 100.0 Å². The number of benzene rings is 1. The minimum absolute atomic E-state index is 0.0451. The molecule has 4 atom stereocenters. The Morgan fingerprint density at radius 1 is 1.06 bits per heavy atom. The van der Waals surface area contributed by atoms with Crippen LogP contribution in [0.25, 0.3) is 11.0 Å². The highest BCUT2D eigenvalue weighted by Crippen LogP contribution is 2.50. The first-order valence-electron chi connectivity index (χ1n) is 13.7. The van der Waals surface area contributed by atoms with Crippen LogP contribution in [0.5, 0.6) is 0 Å². The van der Waals surface area contributed by atoms with Crippen LogP contribution in [0.1, 0.15) is 64.3 Å². The fourth-order valence-electron chi connectivity index (χ4n) is 6.79. The zero-order valence-corrected chi connectivity index (χ0v) is 21.1. The summed E-state index contributed by atoms with van der Waals surface area (Å²) in [5, 5.41) is 13.8. The molecule has 3 aromatic rings. The molecule has 190 valence electrons. The van der Waals surface area contributed by atoms with E-state index in [2.05, 4.69) is 39.5 Å². The van der Waals surface area contributed by atoms with Gasteiger partial charge in [0.1, 0.15) is 5.65 Å². The number of piperidine rings is 1. The third-order valence-electron chi connectivity index (χ3n) is 8.80. The molecule has 7 heteroatoms. The Balaban J connectivity index is 1.15. The second kappa shape index (κ2) is 9.85. The van der Waals surface area contributed by atoms with E-state index in [1.807, 2.05) is 23.8 Å². The van der Waals surface area contributed by atoms with Crippen molar-refractivity contribution in [3.8, 4) is 0 Å². The van der Waals surface area contributed by atoms with Crippen LogP contribution in [-0.2, 0) is 0 Å². The van der Waals surface area contributed by atoms with Crippen molar-refractivity contribution >= 4 is 28.4 Å². The summed E-state index contributed by atoms with van der Waals surface area (Å²) in [6.45, 7) is 4.00. The monoisotopic (exact) mass is 487 g/mol. The summed E-state index contributed by atoms with van der Waals surface area (Å²) in [6, 6.07) is 12.2. The Hall–Kier alpha value is -2.93. The number of fused-ring (bicyclic) bond motifs is 3. The zero-order chi connectivity index (χ0) is 24.6. The minimum atomic E-state index is -0.194. The van der Waals surface area contributed by atoms with Crippen molar-refractivity contribution in [2.24, 2.45) is 17.8 Å². The lowest BCUT2D eigenvalue weighted by Gasteiger charge is -2.34. The van der Waals surface area contributed by atoms with Gasteiger partial charge in [0.15, 0.2) is 0 Å². The molecule has 3 aliphatic rings. The van der Waals surface area contributed by atoms with Crippen molar-refractivity contribution in [3.05, 3.63) is 52.9 Å². The molecule has 4 unspecified atom stereocenters. The molecule has 1 saturated heterocycles. The van der Waals surface area contributed by atoms with Gasteiger partial charge in [0.05, 0.1) is 6.10 Å². The average molecular weight is 488 g/mol. The molecule has 1 aliphatic heterocycles. The standard InChI is InChI=1S/C29H37N5O2/c1-19(35)2-3-20-12-14-33(15-13-20)25-9-7-24(8-10-25)31-29-30-18-23-6-11-27(36)34(28(23)32-29)26-17-21-4-5-22(26)16-21/h6-11,18-22,26,35H,2-5,12-17H2,1H3,(H,30,31,32). The zero-order valence-electron chi connectivity index (χ0n) is 21.1. The largest absolute Gasteiger partial charge is 0.393 e. The summed E-state index contributed by atoms with van der Waals surface area (Å²) in [6.07, 6.45) is 10.9. The van der Waals surface area contributed by atoms with Gasteiger partial charge < -0.3 is 15.3 Å². The molecule has 2 saturated carbocycles. The fourth-order valence-corrected chi connectivity index (χ4v) is 6.79. The van der Waals surface area contributed by atoms with Crippen LogP contribution in [0.15, 0.2) is 47.4 Å². The Morgan fingerprint density at radius 3 is 2.56 bits per heavy atom. The molecule has 3 fully saturated rings. The number of rotatable bonds is 7. The van der Waals surface area contributed by atoms with Gasteiger partial charge >= 0.3 is 0 Å². The molecule has 3 heterocycles. The highest BCUT2D eigenvalue weighted by Gasteiger charge is 2.41. The maximum atomic E-state index is 12.9. The van der Waals surface area contributed by atoms with E-state index in [1.54, 1.807) is 6.07 Å². The van der Waals surface area contributed by atoms with Crippen LogP contribution >= 0.6 is 0 Å². The summed E-state index contributed by atoms with van der Waals surface area (Å²) in [4.78, 5) is 24.7. The summed E-state index contributed by atoms with van der Waals surface area (Å²) in [5.41, 5.74) is 2.96. The molecule has 0 radical (unpaired) electrons. The van der Waals surface area contributed by atoms with E-state index < -0.39 is 0 Å². The first kappa shape index (κ1) is 23.5. The Bertz CT molecular complexity index is 1260. The van der Waals surface area contributed by atoms with Crippen LogP contribution in [0.2, 0.25) is 0 Å². The van der Waals surface area contributed by atoms with E-state index in [1.165, 1.54) is 37.8 Å². The van der Waals surface area contributed by atoms with Crippen LogP contribution in [0.3, 0.4) is 0 Å². The molecule has 0 spiro atoms. The molecular weight excluding hydrogens is 450 g/mol. The van der Waals surface area contributed by atoms with Crippen molar-refractivity contribution in [1.29, 1.82) is 0 Å². The van der Waals surface area contributed by atoms with Crippen LogP contribution in [0.4, 0.5) is 17.3 Å². The van der Waals surface area contributed by atoms with E-state index in [0.717, 1.165) is 60.9 Å². The quantitative estimate of drug-likeness (QED) is 0.472. The van der Waals surface area contributed by atoms with E-state index in [-0.39, 0.29) is 17.7 Å². The van der Waals surface area contributed by atoms with Gasteiger partial charge in [0.2, 0.25) is 5.95 Å². The number of pyridine rings is 1. The third-order valence-corrected chi connectivity index (χ3v) is 8.80. The van der Waals surface area contributed by atoms with Gasteiger partial charge in [0.25, 0.3) is 5.56 Å². The number of nitrogens with zero attached hydrogens (tertiary/aromatic N) is 4. The summed E-state index contributed by atoms with van der Waals surface area (Å²) in [5.74, 6) is 2.60. The highest BCUT2D eigenvalue weighted by molar-refractivity contribution is 5.76. The molecule has 1 aromatic carbocycles. The topological polar surface area (TPSA) is 83.3 Å². The van der Waals surface area contributed by atoms with Gasteiger partial charge in [0, 0.05) is 48.2 Å². The van der Waals surface area contributed by atoms with Crippen molar-refractivity contribution < 1.29 is 5.11 Å². The highest BCUT2D eigenvalue weighted by atomic mass is 16.3. The van der Waals surface area contributed by atoms with E-state index in [9.17, 15) is 9.90 Å². The predicted octanol–water partition coefficient (Wildman–Crippen LogP) is 5.27. The molecular formula is C29H37N5O2. The minimum Gasteiger partial charge on any atom is -0.393 e. The lowest BCUT2D eigenvalue weighted by atomic mass is 9.91. The van der Waals surface area contributed by atoms with Gasteiger partial charge in [-0.2, -0.15) is 4.98 Å². The molecule has 2 aromatic heterocycles. The summed E-state index contributed by atoms with van der Waals surface area (Å²) < 4.78 is 1.94. The SMILES string of the molecule is CC(O)CCC1CCN(c2ccc(Nc3ncc4ccc(=O)n(C5CC6CCC5C6)c4n3)cc2)CC1. The van der Waals surface area contributed by atoms with Crippen LogP contribution < -0.4 is 15.8 Å². The Kier molecular flexibility index (Phi) is 6.42. The number of aliphatic hydroxyl groups is 1. The van der Waals surface area contributed by atoms with Crippen molar-refractivity contribution in [2.45, 2.75) is 70.4 Å². The van der Waals surface area contributed by atoms with Crippen LogP contribution in [-0.4, -0.2) is 38.8 Å². The normalized spacial score (nSPS) is 24.9. The molecule has 0 amide bonds. The van der Waals surface area contributed by atoms with Gasteiger partial charge in [-0.25, -0.2) is 4.98 Å². The van der Waals surface area contributed by atoms with Gasteiger partial charge in [-0.1, -0.05) is 6.42 Å². The fraction of sp³-hybridized carbons (Fsp3) is 0.552. The Morgan fingerprint density at radius 2 is 1.86 bits per heavy atom. The Labute approximate surface area is 212 Å². The maximum absolute atomic E-state index is 12.9. The predicted molar refractivity (Wildman–Crippen MR) is 144 cm³/mol. The smallest absolute Gasteiger partial charge is 0.252 e. The van der Waals surface area contributed by atoms with Crippen LogP contribution in [0, 0.1) is 17.8 Å². The number of hydrogen-bond acceptors (Lipinski definition) is 6. The summed E-state index contributed by atoms with van der Waals surface area (Å²) >= 11 is 0. The van der Waals surface area contributed by atoms with Gasteiger partial charge in [-0.3, -0.25) is 9.36 Å². The first-order valence-corrected chi connectivity index (χ1v) is 13.7. The van der Waals surface area contributed by atoms with E-state index >= 15 is 0 Å². The lowest BCUT2D eigenvalue weighted by molar-refractivity contribution is 0.169. The first-order chi connectivity index (χ1) is 17.5. The third kappa shape index (κ3) is 4.73. The average Bonchev–Trinajstić information content (AvgIpc) is 3.52. The molecule has 2 bridgehead atoms. The number of anilines is 3. The number of aromatic nitrogens is 3.